The topological polar surface area (TPSA) is 82.8 Å². The van der Waals surface area contributed by atoms with Crippen LogP contribution in [-0.2, 0) is 10.0 Å². The molecule has 2 aliphatic rings. The fraction of sp³-hybridized carbons (Fsp3) is 0.391. The van der Waals surface area contributed by atoms with Gasteiger partial charge in [-0.05, 0) is 48.3 Å². The second-order valence-electron chi connectivity index (χ2n) is 8.23. The Morgan fingerprint density at radius 1 is 1.21 bits per heavy atom. The summed E-state index contributed by atoms with van der Waals surface area (Å²) in [7, 11) is -3.19. The Morgan fingerprint density at radius 3 is 2.72 bits per heavy atom. The van der Waals surface area contributed by atoms with Crippen molar-refractivity contribution in [1.29, 1.82) is 5.26 Å². The van der Waals surface area contributed by atoms with Gasteiger partial charge in [-0.3, -0.25) is 4.98 Å². The zero-order valence-electron chi connectivity index (χ0n) is 16.6. The number of pyridine rings is 1. The standard InChI is InChI=1S/C23H25N3O2S/c1-15-11-23-22(14-26-29(23,27)28)20(16(15)2)10-9-19-8-7-18(13-25-19)21-6-4-3-5-17(21)12-24/h3-10,13,15-16,20,22-23,26H,11,14H2,1-2H3/t15-,16+,20-,22+,23-/m0/s1. The summed E-state index contributed by atoms with van der Waals surface area (Å²) in [4.78, 5) is 4.54. The molecule has 1 N–H and O–H groups in total. The van der Waals surface area contributed by atoms with Crippen molar-refractivity contribution in [2.75, 3.05) is 6.54 Å². The van der Waals surface area contributed by atoms with Crippen LogP contribution in [0.2, 0.25) is 0 Å². The van der Waals surface area contributed by atoms with Gasteiger partial charge in [-0.2, -0.15) is 5.26 Å². The number of fused-ring (bicyclic) bond motifs is 1. The Morgan fingerprint density at radius 2 is 2.00 bits per heavy atom. The number of rotatable bonds is 3. The van der Waals surface area contributed by atoms with Gasteiger partial charge < -0.3 is 0 Å². The zero-order valence-corrected chi connectivity index (χ0v) is 17.4. The van der Waals surface area contributed by atoms with Gasteiger partial charge in [0.25, 0.3) is 0 Å². The molecule has 29 heavy (non-hydrogen) atoms. The first-order chi connectivity index (χ1) is 13.9. The average molecular weight is 408 g/mol. The molecule has 6 heteroatoms. The van der Waals surface area contributed by atoms with E-state index in [2.05, 4.69) is 35.7 Å². The van der Waals surface area contributed by atoms with Gasteiger partial charge in [0.05, 0.1) is 22.6 Å². The van der Waals surface area contributed by atoms with Crippen LogP contribution in [0.4, 0.5) is 0 Å². The first-order valence-electron chi connectivity index (χ1n) is 10.0. The molecule has 0 radical (unpaired) electrons. The van der Waals surface area contributed by atoms with E-state index in [0.29, 0.717) is 23.9 Å². The monoisotopic (exact) mass is 407 g/mol. The highest BCUT2D eigenvalue weighted by atomic mass is 32.2. The fourth-order valence-corrected chi connectivity index (χ4v) is 6.67. The largest absolute Gasteiger partial charge is 0.256 e. The highest BCUT2D eigenvalue weighted by molar-refractivity contribution is 7.90. The lowest BCUT2D eigenvalue weighted by Gasteiger charge is -2.39. The maximum Gasteiger partial charge on any atom is 0.214 e. The maximum atomic E-state index is 12.3. The van der Waals surface area contributed by atoms with Crippen LogP contribution < -0.4 is 4.72 Å². The van der Waals surface area contributed by atoms with Crippen molar-refractivity contribution in [1.82, 2.24) is 9.71 Å². The van der Waals surface area contributed by atoms with E-state index in [4.69, 9.17) is 0 Å². The molecule has 0 unspecified atom stereocenters. The Labute approximate surface area is 172 Å². The predicted octanol–water partition coefficient (Wildman–Crippen LogP) is 3.84. The van der Waals surface area contributed by atoms with E-state index in [-0.39, 0.29) is 17.1 Å². The second-order valence-corrected chi connectivity index (χ2v) is 10.2. The number of hydrogen-bond acceptors (Lipinski definition) is 4. The van der Waals surface area contributed by atoms with E-state index in [0.717, 1.165) is 23.2 Å². The molecule has 2 fully saturated rings. The minimum absolute atomic E-state index is 0.115. The van der Waals surface area contributed by atoms with Gasteiger partial charge in [-0.25, -0.2) is 13.1 Å². The maximum absolute atomic E-state index is 12.3. The minimum atomic E-state index is -3.19. The number of sulfonamides is 1. The number of nitriles is 1. The number of nitrogens with zero attached hydrogens (tertiary/aromatic N) is 2. The number of nitrogens with one attached hydrogen (secondary N) is 1. The Kier molecular flexibility index (Phi) is 5.28. The van der Waals surface area contributed by atoms with Crippen LogP contribution in [0.3, 0.4) is 0 Å². The molecule has 0 spiro atoms. The van der Waals surface area contributed by atoms with Gasteiger partial charge in [0, 0.05) is 23.9 Å². The quantitative estimate of drug-likeness (QED) is 0.838. The third kappa shape index (κ3) is 3.73. The van der Waals surface area contributed by atoms with E-state index in [1.54, 1.807) is 12.3 Å². The van der Waals surface area contributed by atoms with Crippen molar-refractivity contribution in [3.8, 4) is 17.2 Å². The lowest BCUT2D eigenvalue weighted by Crippen LogP contribution is -2.40. The summed E-state index contributed by atoms with van der Waals surface area (Å²) >= 11 is 0. The Hall–Kier alpha value is -2.49. The van der Waals surface area contributed by atoms with Crippen molar-refractivity contribution in [2.45, 2.75) is 25.5 Å². The summed E-state index contributed by atoms with van der Waals surface area (Å²) in [5.41, 5.74) is 3.24. The lowest BCUT2D eigenvalue weighted by molar-refractivity contribution is 0.163. The van der Waals surface area contributed by atoms with Gasteiger partial charge in [-0.1, -0.05) is 44.2 Å². The summed E-state index contributed by atoms with van der Waals surface area (Å²) in [5, 5.41) is 9.00. The molecule has 2 aromatic rings. The van der Waals surface area contributed by atoms with Crippen LogP contribution in [0.1, 0.15) is 31.5 Å². The molecular formula is C23H25N3O2S. The van der Waals surface area contributed by atoms with Gasteiger partial charge >= 0.3 is 0 Å². The first-order valence-corrected chi connectivity index (χ1v) is 11.6. The molecule has 150 valence electrons. The number of aromatic nitrogens is 1. The van der Waals surface area contributed by atoms with Gasteiger partial charge in [0.2, 0.25) is 10.0 Å². The summed E-state index contributed by atoms with van der Waals surface area (Å²) in [6, 6.07) is 13.6. The molecule has 1 saturated carbocycles. The molecule has 1 aromatic heterocycles. The highest BCUT2D eigenvalue weighted by Crippen LogP contribution is 2.44. The van der Waals surface area contributed by atoms with E-state index in [1.807, 2.05) is 36.4 Å². The summed E-state index contributed by atoms with van der Waals surface area (Å²) in [5.74, 6) is 1.10. The summed E-state index contributed by atoms with van der Waals surface area (Å²) in [6.45, 7) is 4.89. The van der Waals surface area contributed by atoms with Gasteiger partial charge in [0.1, 0.15) is 0 Å². The molecule has 1 saturated heterocycles. The zero-order chi connectivity index (χ0) is 20.6. The van der Waals surface area contributed by atoms with E-state index in [9.17, 15) is 13.7 Å². The SMILES string of the molecule is C[C@H]1[C@H](C=Cc2ccc(-c3ccccc3C#N)cn2)[C@H]2CNS(=O)(=O)[C@H]2C[C@@H]1C. The van der Waals surface area contributed by atoms with Gasteiger partial charge in [0.15, 0.2) is 0 Å². The first kappa shape index (κ1) is 19.8. The second kappa shape index (κ2) is 7.74. The van der Waals surface area contributed by atoms with Crippen LogP contribution in [-0.4, -0.2) is 25.2 Å². The van der Waals surface area contributed by atoms with Crippen LogP contribution >= 0.6 is 0 Å². The third-order valence-corrected chi connectivity index (χ3v) is 8.54. The summed E-state index contributed by atoms with van der Waals surface area (Å²) < 4.78 is 27.4. The number of hydrogen-bond donors (Lipinski definition) is 1. The molecule has 1 aromatic carbocycles. The minimum Gasteiger partial charge on any atom is -0.256 e. The third-order valence-electron chi connectivity index (χ3n) is 6.63. The van der Waals surface area contributed by atoms with Crippen molar-refractivity contribution < 1.29 is 8.42 Å². The van der Waals surface area contributed by atoms with Gasteiger partial charge in [-0.15, -0.1) is 0 Å². The molecule has 5 nitrogen and oxygen atoms in total. The van der Waals surface area contributed by atoms with Crippen LogP contribution in [0.5, 0.6) is 0 Å². The lowest BCUT2D eigenvalue weighted by atomic mass is 9.67. The Bertz CT molecular complexity index is 1070. The number of allylic oxidation sites excluding steroid dienone is 1. The van der Waals surface area contributed by atoms with Crippen molar-refractivity contribution in [3.63, 3.8) is 0 Å². The number of benzene rings is 1. The molecule has 4 rings (SSSR count). The van der Waals surface area contributed by atoms with Crippen LogP contribution in [0, 0.1) is 35.0 Å². The van der Waals surface area contributed by atoms with Crippen LogP contribution in [0.25, 0.3) is 17.2 Å². The van der Waals surface area contributed by atoms with E-state index in [1.165, 1.54) is 0 Å². The molecule has 0 amide bonds. The summed E-state index contributed by atoms with van der Waals surface area (Å²) in [6.07, 6.45) is 6.66. The Balaban J connectivity index is 1.56. The molecular weight excluding hydrogens is 382 g/mol. The molecule has 2 heterocycles. The van der Waals surface area contributed by atoms with E-state index >= 15 is 0 Å². The predicted molar refractivity (Wildman–Crippen MR) is 114 cm³/mol. The average Bonchev–Trinajstić information content (AvgIpc) is 3.03. The van der Waals surface area contributed by atoms with Crippen LogP contribution in [0.15, 0.2) is 48.7 Å². The highest BCUT2D eigenvalue weighted by Gasteiger charge is 2.49. The molecule has 1 aliphatic carbocycles. The van der Waals surface area contributed by atoms with Crippen molar-refractivity contribution in [2.24, 2.45) is 23.7 Å². The van der Waals surface area contributed by atoms with Crippen molar-refractivity contribution in [3.05, 3.63) is 59.9 Å². The fourth-order valence-electron chi connectivity index (χ4n) is 4.74. The molecule has 5 atom stereocenters. The van der Waals surface area contributed by atoms with E-state index < -0.39 is 10.0 Å². The molecule has 1 aliphatic heterocycles. The molecule has 0 bridgehead atoms. The normalized spacial score (nSPS) is 30.7. The smallest absolute Gasteiger partial charge is 0.214 e. The van der Waals surface area contributed by atoms with Crippen molar-refractivity contribution >= 4 is 16.1 Å².